The molecule has 1 aliphatic heterocycles. The monoisotopic (exact) mass is 398 g/mol. The quantitative estimate of drug-likeness (QED) is 0.553. The van der Waals surface area contributed by atoms with Crippen molar-refractivity contribution in [3.05, 3.63) is 61.2 Å². The highest BCUT2D eigenvalue weighted by atomic mass is 127. The van der Waals surface area contributed by atoms with Gasteiger partial charge in [-0.15, -0.1) is 0 Å². The summed E-state index contributed by atoms with van der Waals surface area (Å²) in [7, 11) is 0. The molecule has 0 radical (unpaired) electrons. The molecule has 20 heavy (non-hydrogen) atoms. The van der Waals surface area contributed by atoms with Crippen molar-refractivity contribution in [1.82, 2.24) is 0 Å². The summed E-state index contributed by atoms with van der Waals surface area (Å²) in [6.45, 7) is 2.61. The van der Waals surface area contributed by atoms with E-state index in [-0.39, 0.29) is 5.78 Å². The van der Waals surface area contributed by atoms with Gasteiger partial charge in [0, 0.05) is 20.6 Å². The molecule has 0 aromatic heterocycles. The number of ether oxygens (including phenoxy) is 1. The van der Waals surface area contributed by atoms with Gasteiger partial charge >= 0.3 is 0 Å². The Balaban J connectivity index is 2.14. The van der Waals surface area contributed by atoms with Crippen LogP contribution in [0.1, 0.15) is 27.0 Å². The molecule has 4 heteroatoms. The molecule has 3 rings (SSSR count). The average molecular weight is 399 g/mol. The van der Waals surface area contributed by atoms with E-state index >= 15 is 0 Å². The number of benzene rings is 2. The van der Waals surface area contributed by atoms with Crippen LogP contribution < -0.4 is 4.74 Å². The van der Waals surface area contributed by atoms with Gasteiger partial charge in [0.2, 0.25) is 0 Å². The van der Waals surface area contributed by atoms with Crippen LogP contribution in [0.3, 0.4) is 0 Å². The maximum Gasteiger partial charge on any atom is 0.197 e. The third-order valence-corrected chi connectivity index (χ3v) is 5.08. The second-order valence-corrected chi connectivity index (χ2v) is 6.32. The van der Waals surface area contributed by atoms with Crippen LogP contribution in [0.5, 0.6) is 5.75 Å². The second kappa shape index (κ2) is 5.37. The number of hydrogen-bond donors (Lipinski definition) is 0. The first-order valence-electron chi connectivity index (χ1n) is 6.33. The minimum absolute atomic E-state index is 0.0289. The lowest BCUT2D eigenvalue weighted by Gasteiger charge is -2.10. The van der Waals surface area contributed by atoms with Crippen molar-refractivity contribution >= 4 is 40.0 Å². The van der Waals surface area contributed by atoms with Gasteiger partial charge in [-0.1, -0.05) is 23.7 Å². The van der Waals surface area contributed by atoms with Gasteiger partial charge in [-0.2, -0.15) is 0 Å². The zero-order valence-electron chi connectivity index (χ0n) is 10.9. The highest BCUT2D eigenvalue weighted by molar-refractivity contribution is 14.1. The SMILES string of the molecule is Cc1cccc(C(=O)c2cc(Cl)cc3c2OCC3)c1I. The predicted molar refractivity (Wildman–Crippen MR) is 88.0 cm³/mol. The van der Waals surface area contributed by atoms with E-state index in [4.69, 9.17) is 16.3 Å². The van der Waals surface area contributed by atoms with Crippen molar-refractivity contribution in [2.45, 2.75) is 13.3 Å². The molecular weight excluding hydrogens is 387 g/mol. The Kier molecular flexibility index (Phi) is 3.73. The van der Waals surface area contributed by atoms with E-state index in [9.17, 15) is 4.79 Å². The van der Waals surface area contributed by atoms with Crippen LogP contribution in [0, 0.1) is 10.5 Å². The summed E-state index contributed by atoms with van der Waals surface area (Å²) >= 11 is 8.33. The Labute approximate surface area is 136 Å². The number of carbonyl (C=O) groups excluding carboxylic acids is 1. The molecule has 0 saturated carbocycles. The Morgan fingerprint density at radius 3 is 2.90 bits per heavy atom. The standard InChI is InChI=1S/C16H12ClIO2/c1-9-3-2-4-12(14(9)18)15(19)13-8-11(17)7-10-5-6-20-16(10)13/h2-4,7-8H,5-6H2,1H3. The number of aryl methyl sites for hydroxylation is 1. The topological polar surface area (TPSA) is 26.3 Å². The summed E-state index contributed by atoms with van der Waals surface area (Å²) in [5, 5.41) is 0.584. The summed E-state index contributed by atoms with van der Waals surface area (Å²) < 4.78 is 6.59. The molecule has 1 aliphatic rings. The highest BCUT2D eigenvalue weighted by Crippen LogP contribution is 2.35. The van der Waals surface area contributed by atoms with Gasteiger partial charge in [0.1, 0.15) is 5.75 Å². The second-order valence-electron chi connectivity index (χ2n) is 4.81. The summed E-state index contributed by atoms with van der Waals surface area (Å²) in [5.41, 5.74) is 3.37. The lowest BCUT2D eigenvalue weighted by Crippen LogP contribution is -2.06. The molecule has 0 N–H and O–H groups in total. The predicted octanol–water partition coefficient (Wildman–Crippen LogP) is 4.42. The molecule has 2 aromatic carbocycles. The van der Waals surface area contributed by atoms with Crippen molar-refractivity contribution in [3.8, 4) is 5.75 Å². The first-order chi connectivity index (χ1) is 9.58. The van der Waals surface area contributed by atoms with E-state index in [1.54, 1.807) is 6.07 Å². The van der Waals surface area contributed by atoms with Gasteiger partial charge in [-0.3, -0.25) is 4.79 Å². The number of ketones is 1. The van der Waals surface area contributed by atoms with Crippen molar-refractivity contribution in [2.24, 2.45) is 0 Å². The molecule has 0 atom stereocenters. The third-order valence-electron chi connectivity index (χ3n) is 3.43. The Morgan fingerprint density at radius 1 is 1.30 bits per heavy atom. The molecule has 0 aliphatic carbocycles. The number of rotatable bonds is 2. The zero-order chi connectivity index (χ0) is 14.3. The summed E-state index contributed by atoms with van der Waals surface area (Å²) in [5.74, 6) is 0.662. The molecule has 0 spiro atoms. The van der Waals surface area contributed by atoms with E-state index in [2.05, 4.69) is 22.6 Å². The summed E-state index contributed by atoms with van der Waals surface area (Å²) in [4.78, 5) is 12.8. The molecular formula is C16H12ClIO2. The number of carbonyl (C=O) groups is 1. The van der Waals surface area contributed by atoms with Crippen LogP contribution in [0.15, 0.2) is 30.3 Å². The van der Waals surface area contributed by atoms with E-state index in [1.807, 2.05) is 31.2 Å². The summed E-state index contributed by atoms with van der Waals surface area (Å²) in [6, 6.07) is 9.32. The van der Waals surface area contributed by atoms with Crippen molar-refractivity contribution in [2.75, 3.05) is 6.61 Å². The molecule has 2 nitrogen and oxygen atoms in total. The normalized spacial score (nSPS) is 12.9. The zero-order valence-corrected chi connectivity index (χ0v) is 13.8. The Morgan fingerprint density at radius 2 is 2.10 bits per heavy atom. The fraction of sp³-hybridized carbons (Fsp3) is 0.188. The maximum atomic E-state index is 12.8. The van der Waals surface area contributed by atoms with Gasteiger partial charge < -0.3 is 4.74 Å². The third kappa shape index (κ3) is 2.33. The number of halogens is 2. The van der Waals surface area contributed by atoms with Crippen LogP contribution >= 0.6 is 34.2 Å². The fourth-order valence-electron chi connectivity index (χ4n) is 2.41. The fourth-order valence-corrected chi connectivity index (χ4v) is 3.25. The first-order valence-corrected chi connectivity index (χ1v) is 7.78. The van der Waals surface area contributed by atoms with E-state index in [1.165, 1.54) is 0 Å². The molecule has 0 unspecified atom stereocenters. The van der Waals surface area contributed by atoms with Crippen LogP contribution in [-0.4, -0.2) is 12.4 Å². The van der Waals surface area contributed by atoms with Gasteiger partial charge in [0.05, 0.1) is 12.2 Å². The molecule has 0 bridgehead atoms. The van der Waals surface area contributed by atoms with E-state index in [0.717, 1.165) is 21.1 Å². The van der Waals surface area contributed by atoms with Crippen molar-refractivity contribution in [3.63, 3.8) is 0 Å². The lowest BCUT2D eigenvalue weighted by atomic mass is 9.98. The largest absolute Gasteiger partial charge is 0.492 e. The van der Waals surface area contributed by atoms with Crippen LogP contribution in [0.25, 0.3) is 0 Å². The minimum Gasteiger partial charge on any atom is -0.492 e. The molecule has 0 fully saturated rings. The molecule has 2 aromatic rings. The van der Waals surface area contributed by atoms with Gasteiger partial charge in [0.25, 0.3) is 0 Å². The van der Waals surface area contributed by atoms with Crippen LogP contribution in [0.4, 0.5) is 0 Å². The Bertz CT molecular complexity index is 710. The number of fused-ring (bicyclic) bond motifs is 1. The van der Waals surface area contributed by atoms with Crippen LogP contribution in [0.2, 0.25) is 5.02 Å². The lowest BCUT2D eigenvalue weighted by molar-refractivity contribution is 0.103. The number of hydrogen-bond acceptors (Lipinski definition) is 2. The van der Waals surface area contributed by atoms with Crippen LogP contribution in [-0.2, 0) is 6.42 Å². The van der Waals surface area contributed by atoms with Gasteiger partial charge in [-0.25, -0.2) is 0 Å². The molecule has 0 amide bonds. The highest BCUT2D eigenvalue weighted by Gasteiger charge is 2.24. The van der Waals surface area contributed by atoms with Crippen molar-refractivity contribution < 1.29 is 9.53 Å². The maximum absolute atomic E-state index is 12.8. The minimum atomic E-state index is -0.0289. The molecule has 1 heterocycles. The summed E-state index contributed by atoms with van der Waals surface area (Å²) in [6.07, 6.45) is 0.807. The van der Waals surface area contributed by atoms with Gasteiger partial charge in [-0.05, 0) is 58.8 Å². The van der Waals surface area contributed by atoms with E-state index < -0.39 is 0 Å². The van der Waals surface area contributed by atoms with Gasteiger partial charge in [0.15, 0.2) is 5.78 Å². The Hall–Kier alpha value is -1.07. The van der Waals surface area contributed by atoms with Crippen molar-refractivity contribution in [1.29, 1.82) is 0 Å². The molecule has 0 saturated heterocycles. The average Bonchev–Trinajstić information content (AvgIpc) is 2.88. The first kappa shape index (κ1) is 13.9. The molecule has 102 valence electrons. The van der Waals surface area contributed by atoms with E-state index in [0.29, 0.717) is 28.5 Å². The smallest absolute Gasteiger partial charge is 0.197 e.